The summed E-state index contributed by atoms with van der Waals surface area (Å²) in [7, 11) is 0. The largest absolute Gasteiger partial charge is 0.427 e. The third-order valence-corrected chi connectivity index (χ3v) is 8.95. The van der Waals surface area contributed by atoms with Crippen LogP contribution in [0.15, 0.2) is 42.5 Å². The van der Waals surface area contributed by atoms with Crippen molar-refractivity contribution in [2.45, 2.75) is 63.3 Å². The summed E-state index contributed by atoms with van der Waals surface area (Å²) >= 11 is 12.2. The van der Waals surface area contributed by atoms with Crippen molar-refractivity contribution >= 4 is 35.1 Å². The van der Waals surface area contributed by atoms with Crippen molar-refractivity contribution in [1.82, 2.24) is 10.2 Å². The second-order valence-electron chi connectivity index (χ2n) is 10.9. The zero-order valence-electron chi connectivity index (χ0n) is 20.8. The number of carbonyl (C=O) groups is 2. The molecule has 2 unspecified atom stereocenters. The average Bonchev–Trinajstić information content (AvgIpc) is 3.65. The first-order chi connectivity index (χ1) is 17.3. The van der Waals surface area contributed by atoms with E-state index in [1.807, 2.05) is 24.3 Å². The molecule has 0 aromatic heterocycles. The molecule has 7 heteroatoms. The van der Waals surface area contributed by atoms with Crippen LogP contribution in [0.1, 0.15) is 56.6 Å². The van der Waals surface area contributed by atoms with Gasteiger partial charge in [-0.1, -0.05) is 41.4 Å². The summed E-state index contributed by atoms with van der Waals surface area (Å²) in [5.41, 5.74) is 2.03. The highest BCUT2D eigenvalue weighted by atomic mass is 35.5. The number of halogens is 2. The first-order valence-corrected chi connectivity index (χ1v) is 13.8. The van der Waals surface area contributed by atoms with E-state index in [4.69, 9.17) is 27.9 Å². The standard InChI is InChI=1S/C29H34Cl2N2O3/c1-19(34)36-25-4-2-3-22(15-25)29-11-12-33(17-20-5-6-20)18-23(29)8-9-24(16-29)32-28(35)14-21-7-10-26(30)27(31)13-21/h2-4,7,10,13,15,20,23-24H,5-6,8-9,11-12,14,16-18H2,1H3,(H,32,35)/t23?,24-,29?/m1/s1. The highest BCUT2D eigenvalue weighted by molar-refractivity contribution is 6.42. The molecule has 1 saturated heterocycles. The molecule has 2 aromatic carbocycles. The zero-order chi connectivity index (χ0) is 25.3. The Morgan fingerprint density at radius 2 is 1.92 bits per heavy atom. The fourth-order valence-electron chi connectivity index (χ4n) is 6.32. The van der Waals surface area contributed by atoms with Crippen molar-refractivity contribution in [2.24, 2.45) is 11.8 Å². The number of ether oxygens (including phenoxy) is 1. The Balaban J connectivity index is 1.34. The SMILES string of the molecule is CC(=O)Oc1cccc(C23CCN(CC4CC4)CC2CC[C@@H](NC(=O)Cc2ccc(Cl)c(Cl)c2)C3)c1. The van der Waals surface area contributed by atoms with Gasteiger partial charge >= 0.3 is 5.97 Å². The predicted molar refractivity (Wildman–Crippen MR) is 143 cm³/mol. The van der Waals surface area contributed by atoms with Crippen molar-refractivity contribution in [3.05, 3.63) is 63.6 Å². The lowest BCUT2D eigenvalue weighted by atomic mass is 9.58. The maximum Gasteiger partial charge on any atom is 0.308 e. The summed E-state index contributed by atoms with van der Waals surface area (Å²) in [6.45, 7) is 4.81. The Bertz CT molecular complexity index is 1140. The minimum Gasteiger partial charge on any atom is -0.427 e. The van der Waals surface area contributed by atoms with Gasteiger partial charge in [-0.3, -0.25) is 9.59 Å². The molecule has 5 rings (SSSR count). The first kappa shape index (κ1) is 25.6. The fourth-order valence-corrected chi connectivity index (χ4v) is 6.64. The normalized spacial score (nSPS) is 26.2. The van der Waals surface area contributed by atoms with E-state index >= 15 is 0 Å². The number of hydrogen-bond donors (Lipinski definition) is 1. The minimum absolute atomic E-state index is 0.00632. The molecule has 192 valence electrons. The van der Waals surface area contributed by atoms with Crippen LogP contribution in [0.4, 0.5) is 0 Å². The number of nitrogens with zero attached hydrogens (tertiary/aromatic N) is 1. The molecule has 3 fully saturated rings. The van der Waals surface area contributed by atoms with Crippen molar-refractivity contribution in [3.8, 4) is 5.75 Å². The molecule has 1 heterocycles. The van der Waals surface area contributed by atoms with Crippen LogP contribution in [0, 0.1) is 11.8 Å². The van der Waals surface area contributed by atoms with Gasteiger partial charge in [0.2, 0.25) is 5.91 Å². The molecule has 2 saturated carbocycles. The number of benzene rings is 2. The van der Waals surface area contributed by atoms with Gasteiger partial charge in [0, 0.05) is 31.5 Å². The van der Waals surface area contributed by atoms with E-state index < -0.39 is 0 Å². The van der Waals surface area contributed by atoms with Gasteiger partial charge in [0.1, 0.15) is 5.75 Å². The van der Waals surface area contributed by atoms with Gasteiger partial charge in [0.15, 0.2) is 0 Å². The number of esters is 1. The zero-order valence-corrected chi connectivity index (χ0v) is 22.3. The summed E-state index contributed by atoms with van der Waals surface area (Å²) in [5.74, 6) is 1.69. The van der Waals surface area contributed by atoms with Crippen LogP contribution >= 0.6 is 23.2 Å². The van der Waals surface area contributed by atoms with E-state index in [0.29, 0.717) is 21.7 Å². The molecule has 0 bridgehead atoms. The van der Waals surface area contributed by atoms with Crippen LogP contribution in [-0.4, -0.2) is 42.5 Å². The number of hydrogen-bond acceptors (Lipinski definition) is 4. The molecule has 1 amide bonds. The Labute approximate surface area is 223 Å². The molecule has 0 radical (unpaired) electrons. The van der Waals surface area contributed by atoms with Crippen molar-refractivity contribution < 1.29 is 14.3 Å². The molecule has 5 nitrogen and oxygen atoms in total. The van der Waals surface area contributed by atoms with E-state index in [1.54, 1.807) is 12.1 Å². The number of fused-ring (bicyclic) bond motifs is 1. The highest BCUT2D eigenvalue weighted by Crippen LogP contribution is 2.50. The molecule has 3 aliphatic rings. The quantitative estimate of drug-likeness (QED) is 0.364. The number of piperidine rings is 1. The molecular weight excluding hydrogens is 495 g/mol. The Hall–Kier alpha value is -2.08. The van der Waals surface area contributed by atoms with Crippen LogP contribution in [0.3, 0.4) is 0 Å². The Morgan fingerprint density at radius 3 is 2.67 bits per heavy atom. The number of likely N-dealkylation sites (tertiary alicyclic amines) is 1. The minimum atomic E-state index is -0.309. The molecule has 1 aliphatic heterocycles. The molecular formula is C29H34Cl2N2O3. The monoisotopic (exact) mass is 528 g/mol. The Morgan fingerprint density at radius 1 is 1.08 bits per heavy atom. The third kappa shape index (κ3) is 5.90. The van der Waals surface area contributed by atoms with Crippen LogP contribution in [0.25, 0.3) is 0 Å². The number of nitrogens with one attached hydrogen (secondary N) is 1. The van der Waals surface area contributed by atoms with Gasteiger partial charge in [0.05, 0.1) is 16.5 Å². The van der Waals surface area contributed by atoms with Crippen molar-refractivity contribution in [2.75, 3.05) is 19.6 Å². The second-order valence-corrected chi connectivity index (χ2v) is 11.7. The summed E-state index contributed by atoms with van der Waals surface area (Å²) in [4.78, 5) is 27.2. The predicted octanol–water partition coefficient (Wildman–Crippen LogP) is 5.80. The first-order valence-electron chi connectivity index (χ1n) is 13.1. The van der Waals surface area contributed by atoms with Crippen LogP contribution in [-0.2, 0) is 21.4 Å². The van der Waals surface area contributed by atoms with Gasteiger partial charge in [-0.15, -0.1) is 0 Å². The number of rotatable bonds is 7. The van der Waals surface area contributed by atoms with E-state index in [0.717, 1.165) is 50.3 Å². The lowest BCUT2D eigenvalue weighted by Crippen LogP contribution is -2.56. The van der Waals surface area contributed by atoms with E-state index in [-0.39, 0.29) is 29.8 Å². The maximum absolute atomic E-state index is 13.0. The fraction of sp³-hybridized carbons (Fsp3) is 0.517. The van der Waals surface area contributed by atoms with Gasteiger partial charge in [0.25, 0.3) is 0 Å². The highest BCUT2D eigenvalue weighted by Gasteiger charge is 2.48. The molecule has 36 heavy (non-hydrogen) atoms. The summed E-state index contributed by atoms with van der Waals surface area (Å²) in [5, 5.41) is 4.27. The molecule has 2 aliphatic carbocycles. The molecule has 1 N–H and O–H groups in total. The topological polar surface area (TPSA) is 58.6 Å². The van der Waals surface area contributed by atoms with Crippen molar-refractivity contribution in [1.29, 1.82) is 0 Å². The van der Waals surface area contributed by atoms with Gasteiger partial charge in [-0.2, -0.15) is 0 Å². The molecule has 2 aromatic rings. The van der Waals surface area contributed by atoms with E-state index in [9.17, 15) is 9.59 Å². The van der Waals surface area contributed by atoms with Crippen LogP contribution in [0.5, 0.6) is 5.75 Å². The Kier molecular flexibility index (Phi) is 7.62. The van der Waals surface area contributed by atoms with Gasteiger partial charge in [-0.05, 0) is 92.3 Å². The number of amides is 1. The van der Waals surface area contributed by atoms with Crippen molar-refractivity contribution in [3.63, 3.8) is 0 Å². The summed E-state index contributed by atoms with van der Waals surface area (Å²) in [6.07, 6.45) is 6.99. The van der Waals surface area contributed by atoms with E-state index in [2.05, 4.69) is 16.3 Å². The summed E-state index contributed by atoms with van der Waals surface area (Å²) < 4.78 is 5.44. The maximum atomic E-state index is 13.0. The lowest BCUT2D eigenvalue weighted by Gasteiger charge is -2.53. The smallest absolute Gasteiger partial charge is 0.308 e. The number of carbonyl (C=O) groups excluding carboxylic acids is 2. The molecule has 3 atom stereocenters. The third-order valence-electron chi connectivity index (χ3n) is 8.21. The van der Waals surface area contributed by atoms with Crippen LogP contribution in [0.2, 0.25) is 10.0 Å². The van der Waals surface area contributed by atoms with Gasteiger partial charge in [-0.25, -0.2) is 0 Å². The lowest BCUT2D eigenvalue weighted by molar-refractivity contribution is -0.132. The average molecular weight is 530 g/mol. The molecule has 0 spiro atoms. The summed E-state index contributed by atoms with van der Waals surface area (Å²) in [6, 6.07) is 13.5. The van der Waals surface area contributed by atoms with Gasteiger partial charge < -0.3 is 15.0 Å². The van der Waals surface area contributed by atoms with E-state index in [1.165, 1.54) is 31.9 Å². The second kappa shape index (κ2) is 10.7. The van der Waals surface area contributed by atoms with Crippen LogP contribution < -0.4 is 10.1 Å².